The molecule has 20 heavy (non-hydrogen) atoms. The molecule has 0 amide bonds. The van der Waals surface area contributed by atoms with E-state index in [1.54, 1.807) is 0 Å². The third kappa shape index (κ3) is 3.38. The van der Waals surface area contributed by atoms with Gasteiger partial charge in [0.2, 0.25) is 0 Å². The summed E-state index contributed by atoms with van der Waals surface area (Å²) in [5, 5.41) is 3.93. The van der Waals surface area contributed by atoms with Crippen LogP contribution in [0.4, 0.5) is 0 Å². The fourth-order valence-electron chi connectivity index (χ4n) is 1.91. The highest BCUT2D eigenvalue weighted by molar-refractivity contribution is 5.38. The Hall–Kier alpha value is -1.84. The maximum Gasteiger partial charge on any atom is 0.264 e. The molecule has 1 aromatic carbocycles. The van der Waals surface area contributed by atoms with E-state index in [0.29, 0.717) is 18.3 Å². The number of hydrogen-bond acceptors (Lipinski definition) is 4. The molecule has 2 aromatic rings. The molecule has 0 spiro atoms. The Morgan fingerprint density at radius 3 is 2.50 bits per heavy atom. The third-order valence-electron chi connectivity index (χ3n) is 3.05. The lowest BCUT2D eigenvalue weighted by Gasteiger charge is -2.22. The first-order valence-electron chi connectivity index (χ1n) is 6.92. The van der Waals surface area contributed by atoms with Crippen LogP contribution in [0.2, 0.25) is 0 Å². The molecule has 0 radical (unpaired) electrons. The van der Waals surface area contributed by atoms with Gasteiger partial charge in [0.15, 0.2) is 12.4 Å². The lowest BCUT2D eigenvalue weighted by atomic mass is 9.86. The maximum atomic E-state index is 5.85. The van der Waals surface area contributed by atoms with E-state index >= 15 is 0 Å². The molecular weight excluding hydrogens is 252 g/mol. The first-order chi connectivity index (χ1) is 9.38. The normalized spacial score (nSPS) is 11.9. The number of nitrogens with zero attached hydrogens (tertiary/aromatic N) is 2. The molecule has 0 saturated heterocycles. The van der Waals surface area contributed by atoms with Gasteiger partial charge in [-0.05, 0) is 17.0 Å². The summed E-state index contributed by atoms with van der Waals surface area (Å²) in [5.74, 6) is 2.35. The molecule has 0 N–H and O–H groups in total. The molecule has 0 unspecified atom stereocenters. The van der Waals surface area contributed by atoms with Crippen LogP contribution in [0, 0.1) is 0 Å². The zero-order chi connectivity index (χ0) is 14.8. The fourth-order valence-corrected chi connectivity index (χ4v) is 1.91. The van der Waals surface area contributed by atoms with Crippen molar-refractivity contribution >= 4 is 0 Å². The predicted molar refractivity (Wildman–Crippen MR) is 77.9 cm³/mol. The van der Waals surface area contributed by atoms with Gasteiger partial charge in [0, 0.05) is 5.92 Å². The molecule has 1 heterocycles. The smallest absolute Gasteiger partial charge is 0.264 e. The minimum absolute atomic E-state index is 0.0362. The van der Waals surface area contributed by atoms with Gasteiger partial charge in [-0.3, -0.25) is 0 Å². The summed E-state index contributed by atoms with van der Waals surface area (Å²) in [7, 11) is 0. The van der Waals surface area contributed by atoms with Crippen LogP contribution >= 0.6 is 0 Å². The van der Waals surface area contributed by atoms with E-state index in [1.807, 2.05) is 32.0 Å². The van der Waals surface area contributed by atoms with Crippen molar-refractivity contribution in [2.45, 2.75) is 52.6 Å². The molecule has 0 fully saturated rings. The van der Waals surface area contributed by atoms with Gasteiger partial charge in [0.25, 0.3) is 5.89 Å². The van der Waals surface area contributed by atoms with Gasteiger partial charge in [-0.25, -0.2) is 0 Å². The van der Waals surface area contributed by atoms with Crippen LogP contribution in [0.3, 0.4) is 0 Å². The lowest BCUT2D eigenvalue weighted by molar-refractivity contribution is 0.238. The summed E-state index contributed by atoms with van der Waals surface area (Å²) in [5.41, 5.74) is 1.21. The maximum absolute atomic E-state index is 5.85. The molecular formula is C16H22N2O2. The average molecular weight is 274 g/mol. The standard InChI is InChI=1S/C16H22N2O2/c1-11(2)15-17-14(20-18-15)10-19-13-9-7-6-8-12(13)16(3,4)5/h6-9,11H,10H2,1-5H3. The first kappa shape index (κ1) is 14.6. The minimum Gasteiger partial charge on any atom is -0.483 e. The summed E-state index contributed by atoms with van der Waals surface area (Å²) < 4.78 is 11.0. The van der Waals surface area contributed by atoms with Crippen LogP contribution in [-0.4, -0.2) is 10.1 Å². The van der Waals surface area contributed by atoms with Crippen LogP contribution in [0.25, 0.3) is 0 Å². The van der Waals surface area contributed by atoms with E-state index in [9.17, 15) is 0 Å². The molecule has 0 aliphatic heterocycles. The summed E-state index contributed by atoms with van der Waals surface area (Å²) in [4.78, 5) is 4.31. The summed E-state index contributed by atoms with van der Waals surface area (Å²) in [6.07, 6.45) is 0. The van der Waals surface area contributed by atoms with Crippen molar-refractivity contribution in [3.8, 4) is 5.75 Å². The monoisotopic (exact) mass is 274 g/mol. The summed E-state index contributed by atoms with van der Waals surface area (Å²) >= 11 is 0. The molecule has 0 aliphatic rings. The van der Waals surface area contributed by atoms with Gasteiger partial charge in [-0.2, -0.15) is 4.98 Å². The highest BCUT2D eigenvalue weighted by Crippen LogP contribution is 2.31. The quantitative estimate of drug-likeness (QED) is 0.843. The Labute approximate surface area is 120 Å². The van der Waals surface area contributed by atoms with E-state index in [4.69, 9.17) is 9.26 Å². The van der Waals surface area contributed by atoms with E-state index in [0.717, 1.165) is 5.75 Å². The Morgan fingerprint density at radius 1 is 1.20 bits per heavy atom. The Bertz CT molecular complexity index is 568. The van der Waals surface area contributed by atoms with Gasteiger partial charge in [0.05, 0.1) is 0 Å². The summed E-state index contributed by atoms with van der Waals surface area (Å²) in [6, 6.07) is 8.05. The van der Waals surface area contributed by atoms with E-state index < -0.39 is 0 Å². The van der Waals surface area contributed by atoms with Crippen molar-refractivity contribution in [1.82, 2.24) is 10.1 Å². The van der Waals surface area contributed by atoms with Gasteiger partial charge in [-0.1, -0.05) is 58.0 Å². The van der Waals surface area contributed by atoms with Crippen molar-refractivity contribution in [3.63, 3.8) is 0 Å². The zero-order valence-corrected chi connectivity index (χ0v) is 12.8. The van der Waals surface area contributed by atoms with Crippen molar-refractivity contribution in [1.29, 1.82) is 0 Å². The van der Waals surface area contributed by atoms with Crippen LogP contribution in [-0.2, 0) is 12.0 Å². The largest absolute Gasteiger partial charge is 0.483 e. The molecule has 4 heteroatoms. The second-order valence-corrected chi connectivity index (χ2v) is 6.24. The molecule has 2 rings (SSSR count). The van der Waals surface area contributed by atoms with Crippen molar-refractivity contribution in [3.05, 3.63) is 41.5 Å². The first-order valence-corrected chi connectivity index (χ1v) is 6.92. The van der Waals surface area contributed by atoms with Crippen molar-refractivity contribution in [2.75, 3.05) is 0 Å². The molecule has 0 atom stereocenters. The molecule has 1 aromatic heterocycles. The predicted octanol–water partition coefficient (Wildman–Crippen LogP) is 4.07. The number of aromatic nitrogens is 2. The number of rotatable bonds is 4. The van der Waals surface area contributed by atoms with Crippen LogP contribution in [0.5, 0.6) is 5.75 Å². The number of hydrogen-bond donors (Lipinski definition) is 0. The second-order valence-electron chi connectivity index (χ2n) is 6.24. The lowest BCUT2D eigenvalue weighted by Crippen LogP contribution is -2.13. The third-order valence-corrected chi connectivity index (χ3v) is 3.05. The Morgan fingerprint density at radius 2 is 1.90 bits per heavy atom. The van der Waals surface area contributed by atoms with Gasteiger partial charge in [0.1, 0.15) is 5.75 Å². The highest BCUT2D eigenvalue weighted by atomic mass is 16.5. The molecule has 108 valence electrons. The second kappa shape index (κ2) is 5.65. The van der Waals surface area contributed by atoms with E-state index in [-0.39, 0.29) is 11.3 Å². The molecule has 4 nitrogen and oxygen atoms in total. The van der Waals surface area contributed by atoms with Crippen LogP contribution < -0.4 is 4.74 Å². The number of ether oxygens (including phenoxy) is 1. The minimum atomic E-state index is 0.0362. The van der Waals surface area contributed by atoms with Crippen LogP contribution in [0.15, 0.2) is 28.8 Å². The fraction of sp³-hybridized carbons (Fsp3) is 0.500. The Kier molecular flexibility index (Phi) is 4.12. The molecule has 0 aliphatic carbocycles. The number of para-hydroxylation sites is 1. The van der Waals surface area contributed by atoms with Gasteiger partial charge in [-0.15, -0.1) is 0 Å². The molecule has 0 bridgehead atoms. The van der Waals surface area contributed by atoms with E-state index in [2.05, 4.69) is 37.0 Å². The highest BCUT2D eigenvalue weighted by Gasteiger charge is 2.19. The average Bonchev–Trinajstić information content (AvgIpc) is 2.84. The Balaban J connectivity index is 2.11. The van der Waals surface area contributed by atoms with E-state index in [1.165, 1.54) is 5.56 Å². The number of benzene rings is 1. The molecule has 0 saturated carbocycles. The topological polar surface area (TPSA) is 48.2 Å². The van der Waals surface area contributed by atoms with Crippen molar-refractivity contribution < 1.29 is 9.26 Å². The SMILES string of the molecule is CC(C)c1noc(COc2ccccc2C(C)(C)C)n1. The van der Waals surface area contributed by atoms with Crippen molar-refractivity contribution in [2.24, 2.45) is 0 Å². The van der Waals surface area contributed by atoms with Crippen LogP contribution in [0.1, 0.15) is 57.8 Å². The summed E-state index contributed by atoms with van der Waals surface area (Å²) in [6.45, 7) is 10.9. The zero-order valence-electron chi connectivity index (χ0n) is 12.8. The van der Waals surface area contributed by atoms with Gasteiger partial charge >= 0.3 is 0 Å². The van der Waals surface area contributed by atoms with Gasteiger partial charge < -0.3 is 9.26 Å².